The highest BCUT2D eigenvalue weighted by molar-refractivity contribution is 6.30. The van der Waals surface area contributed by atoms with Crippen LogP contribution in [0.1, 0.15) is 5.56 Å². The van der Waals surface area contributed by atoms with Crippen LogP contribution in [-0.4, -0.2) is 18.9 Å². The lowest BCUT2D eigenvalue weighted by Gasteiger charge is -2.22. The highest BCUT2D eigenvalue weighted by Crippen LogP contribution is 2.27. The van der Waals surface area contributed by atoms with Gasteiger partial charge in [0.2, 0.25) is 5.91 Å². The molecule has 6 heteroatoms. The summed E-state index contributed by atoms with van der Waals surface area (Å²) < 4.78 is 11.0. The molecule has 3 aromatic rings. The molecule has 28 heavy (non-hydrogen) atoms. The van der Waals surface area contributed by atoms with Gasteiger partial charge >= 0.3 is 0 Å². The molecular weight excluding hydrogens is 397 g/mol. The number of hydrogen-bond acceptors (Lipinski definition) is 3. The summed E-state index contributed by atoms with van der Waals surface area (Å²) in [6, 6.07) is 22.0. The number of rotatable bonds is 7. The maximum Gasteiger partial charge on any atom is 0.242 e. The number of halogens is 2. The van der Waals surface area contributed by atoms with E-state index in [-0.39, 0.29) is 11.8 Å². The van der Waals surface area contributed by atoms with E-state index < -0.39 is 0 Å². The van der Waals surface area contributed by atoms with Gasteiger partial charge < -0.3 is 14.4 Å². The average molecular weight is 416 g/mol. The van der Waals surface area contributed by atoms with Gasteiger partial charge in [-0.1, -0.05) is 23.7 Å². The average Bonchev–Trinajstić information content (AvgIpc) is 2.74. The zero-order chi connectivity index (χ0) is 19.9. The molecule has 0 radical (unpaired) electrons. The van der Waals surface area contributed by atoms with Crippen LogP contribution >= 0.6 is 23.2 Å². The van der Waals surface area contributed by atoms with Crippen molar-refractivity contribution >= 4 is 34.8 Å². The predicted molar refractivity (Wildman–Crippen MR) is 113 cm³/mol. The topological polar surface area (TPSA) is 38.8 Å². The normalized spacial score (nSPS) is 10.4. The number of hydrogen-bond donors (Lipinski definition) is 0. The van der Waals surface area contributed by atoms with Gasteiger partial charge in [-0.2, -0.15) is 0 Å². The second-order valence-corrected chi connectivity index (χ2v) is 6.72. The first-order chi connectivity index (χ1) is 13.6. The van der Waals surface area contributed by atoms with Crippen LogP contribution in [0.2, 0.25) is 5.02 Å². The maximum absolute atomic E-state index is 12.4. The van der Waals surface area contributed by atoms with E-state index in [0.717, 1.165) is 17.0 Å². The van der Waals surface area contributed by atoms with E-state index in [4.69, 9.17) is 32.7 Å². The molecule has 1 amide bonds. The van der Waals surface area contributed by atoms with Gasteiger partial charge in [-0.3, -0.25) is 4.79 Å². The number of carbonyl (C=O) groups is 1. The molecule has 0 atom stereocenters. The molecular formula is C22H19Cl2NO3. The zero-order valence-electron chi connectivity index (χ0n) is 15.3. The highest BCUT2D eigenvalue weighted by Gasteiger charge is 2.15. The molecule has 0 unspecified atom stereocenters. The third kappa shape index (κ3) is 5.18. The van der Waals surface area contributed by atoms with Gasteiger partial charge in [0, 0.05) is 10.7 Å². The molecule has 0 heterocycles. The van der Waals surface area contributed by atoms with E-state index in [9.17, 15) is 4.79 Å². The number of methoxy groups -OCH3 is 1. The van der Waals surface area contributed by atoms with E-state index in [1.165, 1.54) is 0 Å². The van der Waals surface area contributed by atoms with Crippen molar-refractivity contribution in [3.05, 3.63) is 83.4 Å². The molecule has 0 aliphatic rings. The van der Waals surface area contributed by atoms with Crippen molar-refractivity contribution in [2.75, 3.05) is 17.9 Å². The minimum Gasteiger partial charge on any atom is -0.497 e. The number of carbonyl (C=O) groups excluding carboxylic acids is 1. The first kappa shape index (κ1) is 20.1. The smallest absolute Gasteiger partial charge is 0.242 e. The first-order valence-corrected chi connectivity index (χ1v) is 9.53. The van der Waals surface area contributed by atoms with Gasteiger partial charge in [-0.15, -0.1) is 11.6 Å². The molecule has 3 aromatic carbocycles. The van der Waals surface area contributed by atoms with Crippen LogP contribution < -0.4 is 14.4 Å². The predicted octanol–water partition coefficient (Wildman–Crippen LogP) is 5.91. The lowest BCUT2D eigenvalue weighted by molar-refractivity contribution is -0.116. The molecule has 0 aromatic heterocycles. The molecule has 0 fully saturated rings. The minimum atomic E-state index is -0.177. The lowest BCUT2D eigenvalue weighted by Crippen LogP contribution is -2.31. The summed E-state index contributed by atoms with van der Waals surface area (Å²) in [4.78, 5) is 14.0. The Balaban J connectivity index is 1.76. The molecule has 0 saturated carbocycles. The number of nitrogens with zero attached hydrogens (tertiary/aromatic N) is 1. The van der Waals surface area contributed by atoms with Crippen LogP contribution in [0.4, 0.5) is 5.69 Å². The second kappa shape index (κ2) is 9.49. The minimum absolute atomic E-state index is 0.0980. The standard InChI is InChI=1S/C22H19Cl2NO3/c1-27-19-8-2-16(3-9-19)15-25(22(26)14-23)18-6-12-21(13-7-18)28-20-10-4-17(24)5-11-20/h2-13H,14-15H2,1H3. The van der Waals surface area contributed by atoms with Gasteiger partial charge in [-0.25, -0.2) is 0 Å². The highest BCUT2D eigenvalue weighted by atomic mass is 35.5. The summed E-state index contributed by atoms with van der Waals surface area (Å²) >= 11 is 11.7. The van der Waals surface area contributed by atoms with Gasteiger partial charge in [0.15, 0.2) is 0 Å². The fourth-order valence-electron chi connectivity index (χ4n) is 2.64. The monoisotopic (exact) mass is 415 g/mol. The molecule has 0 aliphatic carbocycles. The summed E-state index contributed by atoms with van der Waals surface area (Å²) in [5.74, 6) is 1.84. The summed E-state index contributed by atoms with van der Waals surface area (Å²) in [6.07, 6.45) is 0. The van der Waals surface area contributed by atoms with Gasteiger partial charge in [0.1, 0.15) is 23.1 Å². The Morgan fingerprint density at radius 2 is 1.39 bits per heavy atom. The zero-order valence-corrected chi connectivity index (χ0v) is 16.8. The summed E-state index contributed by atoms with van der Waals surface area (Å²) in [7, 11) is 1.62. The largest absolute Gasteiger partial charge is 0.497 e. The third-order valence-corrected chi connectivity index (χ3v) is 4.59. The van der Waals surface area contributed by atoms with E-state index in [1.807, 2.05) is 48.5 Å². The summed E-state index contributed by atoms with van der Waals surface area (Å²) in [5.41, 5.74) is 1.71. The number of alkyl halides is 1. The van der Waals surface area contributed by atoms with E-state index in [1.54, 1.807) is 36.3 Å². The van der Waals surface area contributed by atoms with Crippen LogP contribution in [0, 0.1) is 0 Å². The Morgan fingerprint density at radius 3 is 1.93 bits per heavy atom. The van der Waals surface area contributed by atoms with Crippen LogP contribution in [0.15, 0.2) is 72.8 Å². The Bertz CT molecular complexity index is 910. The fraction of sp³-hybridized carbons (Fsp3) is 0.136. The third-order valence-electron chi connectivity index (χ3n) is 4.11. The molecule has 0 N–H and O–H groups in total. The van der Waals surface area contributed by atoms with Crippen LogP contribution in [0.25, 0.3) is 0 Å². The molecule has 3 rings (SSSR count). The van der Waals surface area contributed by atoms with E-state index in [0.29, 0.717) is 23.1 Å². The van der Waals surface area contributed by atoms with Crippen molar-refractivity contribution in [2.45, 2.75) is 6.54 Å². The number of anilines is 1. The van der Waals surface area contributed by atoms with Crippen molar-refractivity contribution in [2.24, 2.45) is 0 Å². The maximum atomic E-state index is 12.4. The number of benzene rings is 3. The van der Waals surface area contributed by atoms with Crippen molar-refractivity contribution in [1.82, 2.24) is 0 Å². The molecule has 0 saturated heterocycles. The number of ether oxygens (including phenoxy) is 2. The van der Waals surface area contributed by atoms with E-state index >= 15 is 0 Å². The van der Waals surface area contributed by atoms with Gasteiger partial charge in [-0.05, 0) is 66.2 Å². The first-order valence-electron chi connectivity index (χ1n) is 8.62. The van der Waals surface area contributed by atoms with Crippen molar-refractivity contribution in [3.63, 3.8) is 0 Å². The molecule has 0 aliphatic heterocycles. The van der Waals surface area contributed by atoms with Crippen molar-refractivity contribution in [3.8, 4) is 17.2 Å². The molecule has 144 valence electrons. The van der Waals surface area contributed by atoms with Crippen LogP contribution in [0.5, 0.6) is 17.2 Å². The second-order valence-electron chi connectivity index (χ2n) is 6.01. The quantitative estimate of drug-likeness (QED) is 0.450. The Kier molecular flexibility index (Phi) is 6.80. The number of amides is 1. The van der Waals surface area contributed by atoms with Gasteiger partial charge in [0.25, 0.3) is 0 Å². The Labute approximate surface area is 174 Å². The van der Waals surface area contributed by atoms with Crippen LogP contribution in [-0.2, 0) is 11.3 Å². The van der Waals surface area contributed by atoms with Gasteiger partial charge in [0.05, 0.1) is 13.7 Å². The van der Waals surface area contributed by atoms with Crippen molar-refractivity contribution < 1.29 is 14.3 Å². The Morgan fingerprint density at radius 1 is 0.857 bits per heavy atom. The lowest BCUT2D eigenvalue weighted by atomic mass is 10.2. The molecule has 0 bridgehead atoms. The fourth-order valence-corrected chi connectivity index (χ4v) is 2.91. The molecule has 4 nitrogen and oxygen atoms in total. The molecule has 0 spiro atoms. The van der Waals surface area contributed by atoms with E-state index in [2.05, 4.69) is 0 Å². The van der Waals surface area contributed by atoms with Crippen molar-refractivity contribution in [1.29, 1.82) is 0 Å². The summed E-state index contributed by atoms with van der Waals surface area (Å²) in [5, 5.41) is 0.649. The van der Waals surface area contributed by atoms with Crippen LogP contribution in [0.3, 0.4) is 0 Å². The SMILES string of the molecule is COc1ccc(CN(C(=O)CCl)c2ccc(Oc3ccc(Cl)cc3)cc2)cc1. The Hall–Kier alpha value is -2.69. The summed E-state index contributed by atoms with van der Waals surface area (Å²) in [6.45, 7) is 0.410.